The fourth-order valence-electron chi connectivity index (χ4n) is 10.7. The monoisotopic (exact) mass is 1550 g/mol. The topological polar surface area (TPSA) is 0 Å². The zero-order valence-corrected chi connectivity index (χ0v) is 60.3. The molecule has 0 amide bonds. The van der Waals surface area contributed by atoms with Crippen LogP contribution in [0.25, 0.3) is 0 Å². The van der Waals surface area contributed by atoms with E-state index in [0.717, 1.165) is 4.48 Å². The van der Waals surface area contributed by atoms with Gasteiger partial charge in [0.05, 0.1) is 180 Å². The van der Waals surface area contributed by atoms with E-state index >= 15 is 0 Å². The van der Waals surface area contributed by atoms with Crippen molar-refractivity contribution in [1.29, 1.82) is 0 Å². The Labute approximate surface area is 563 Å². The van der Waals surface area contributed by atoms with Gasteiger partial charge in [0.15, 0.2) is 0 Å². The van der Waals surface area contributed by atoms with Crippen LogP contribution in [0.2, 0.25) is 0 Å². The summed E-state index contributed by atoms with van der Waals surface area (Å²) in [6.45, 7) is 40.9. The number of quaternary nitrogens is 7. The molecule has 0 aromatic carbocycles. The second-order valence-corrected chi connectivity index (χ2v) is 27.2. The molecule has 0 atom stereocenters. The fourth-order valence-corrected chi connectivity index (χ4v) is 10.7. The standard InChI is InChI=1S/C9H16N.2C8H18N.2C7H16N.2C6H14N.5BF3.2F5P.7FH.2H2/c1-3-7-10(4-2)8-5-6-9-10;1-3-6-9(2)7-4-5-8-9;1-3-9(4-2)7-5-6-8-9;2*1-3-8(2)6-4-5-7-8;2*1-7(2)5-3-4-6-7;5*2-1(3)4;2*1-6(2,3,4)5;;;;;;;;;/h2H,3,5-9H2,1H3;2*3-8H2,1-2H3;2*3-7H2,1-2H3;2*3-6H2,1-2H3;;;;;;;;9*1H/q7*+1;;;;;;;;;;;;;;;;/p-7. The van der Waals surface area contributed by atoms with E-state index in [1.807, 2.05) is 0 Å². The molecule has 0 radical (unpaired) electrons. The number of likely N-dealkylation sites (tertiary alicyclic amines) is 7. The first-order valence-electron chi connectivity index (χ1n) is 30.7. The first-order valence-corrected chi connectivity index (χ1v) is 34.1. The molecule has 0 aromatic rings. The van der Waals surface area contributed by atoms with E-state index in [-0.39, 0.29) is 35.8 Å². The predicted octanol–water partition coefficient (Wildman–Crippen LogP) is -1.08. The van der Waals surface area contributed by atoms with Crippen molar-refractivity contribution >= 4 is 54.0 Å². The van der Waals surface area contributed by atoms with Crippen LogP contribution in [0.1, 0.15) is 147 Å². The normalized spacial score (nSPS) is 19.1. The molecule has 0 N–H and O–H groups in total. The zero-order chi connectivity index (χ0) is 72.4. The number of hydrogen-bond donors (Lipinski definition) is 0. The molecule has 7 aliphatic rings. The van der Waals surface area contributed by atoms with Crippen molar-refractivity contribution in [3.05, 3.63) is 0 Å². The van der Waals surface area contributed by atoms with Gasteiger partial charge in [-0.05, 0) is 40.5 Å². The van der Waals surface area contributed by atoms with Crippen molar-refractivity contribution < 1.29 is 174 Å². The summed E-state index contributed by atoms with van der Waals surface area (Å²) in [5, 5.41) is 0. The summed E-state index contributed by atoms with van der Waals surface area (Å²) < 4.78 is 252. The average Bonchev–Trinajstić information content (AvgIpc) is 2.90. The molecule has 7 saturated heterocycles. The van der Waals surface area contributed by atoms with E-state index in [2.05, 4.69) is 96.9 Å². The van der Waals surface area contributed by atoms with Crippen molar-refractivity contribution in [1.82, 2.24) is 0 Å². The molecule has 7 heterocycles. The quantitative estimate of drug-likeness (QED) is 0.0957. The van der Waals surface area contributed by atoms with Gasteiger partial charge in [-0.1, -0.05) is 20.3 Å². The Morgan fingerprint density at radius 3 is 0.577 bits per heavy atom. The summed E-state index contributed by atoms with van der Waals surface area (Å²) in [4.78, 5) is 0. The second-order valence-electron chi connectivity index (χ2n) is 24.7. The summed E-state index contributed by atoms with van der Waals surface area (Å²) in [6.07, 6.45) is 28.1. The summed E-state index contributed by atoms with van der Waals surface area (Å²) in [7, 11) is -19.1. The molecule has 0 bridgehead atoms. The smallest absolute Gasteiger partial charge is 0 e. The molecule has 97 heavy (non-hydrogen) atoms. The van der Waals surface area contributed by atoms with Crippen molar-refractivity contribution in [2.45, 2.75) is 144 Å². The third-order valence-corrected chi connectivity index (χ3v) is 16.0. The van der Waals surface area contributed by atoms with Gasteiger partial charge in [-0.25, -0.2) is 4.48 Å². The van der Waals surface area contributed by atoms with Crippen molar-refractivity contribution in [3.63, 3.8) is 0 Å². The molecule has 7 fully saturated rings. The average molecular weight is 1550 g/mol. The van der Waals surface area contributed by atoms with Crippen LogP contribution in [0.4, 0.5) is 107 Å². The Morgan fingerprint density at radius 2 is 0.454 bits per heavy atom. The molecule has 46 heteroatoms. The van der Waals surface area contributed by atoms with Gasteiger partial charge >= 0.3 is 96.0 Å². The summed E-state index contributed by atoms with van der Waals surface area (Å²) in [5.74, 6) is 0. The predicted molar refractivity (Wildman–Crippen MR) is 332 cm³/mol. The van der Waals surface area contributed by atoms with Gasteiger partial charge < -0.3 is 59.8 Å². The fraction of sp³-hybridized carbons (Fsp3) is 0.961. The van der Waals surface area contributed by atoms with Gasteiger partial charge in [-0.15, -0.1) is 0 Å². The minimum atomic E-state index is -8.55. The zero-order valence-electron chi connectivity index (χ0n) is 58.5. The van der Waals surface area contributed by atoms with Crippen LogP contribution in [0.5, 0.6) is 0 Å². The number of terminal acetylenes is 1. The minimum absolute atomic E-state index is 0. The number of nitrogens with zero attached hydrogens (tertiary/aromatic N) is 7. The maximum atomic E-state index is 9.84. The van der Waals surface area contributed by atoms with Crippen LogP contribution >= 0.6 is 16.3 Å². The number of halogens is 32. The first kappa shape index (κ1) is 128. The van der Waals surface area contributed by atoms with Crippen LogP contribution in [0.15, 0.2) is 0 Å². The van der Waals surface area contributed by atoms with Gasteiger partial charge in [0, 0.05) is 92.7 Å². The molecular formula is C51H116B5F32N7P2. The van der Waals surface area contributed by atoms with Gasteiger partial charge in [-0.2, -0.15) is 0 Å². The maximum absolute atomic E-state index is 9.84. The molecule has 7 rings (SSSR count). The SMILES string of the molecule is C#C[N+]1(CCC)CCCC1.CCC[N+]1(C)CCCC1.CC[N+]1(C)CCCC1.CC[N+]1(C)CCCC1.CC[N+]1(CC)CCCC1.C[N+]1(C)CCCC1.C[N+]1(C)CCCC1.FB(F)F.FB(F)F.FB(F)F.FB(F)F.FB(F)F.FP(F)(F)(F)F.FP(F)(F)(F)F.[F-].[F-].[F-].[F-].[F-].[F-].[F-].[HH].[HH]. The molecule has 7 aliphatic heterocycles. The molecule has 7 nitrogen and oxygen atoms in total. The first-order chi connectivity index (χ1) is 40.5. The van der Waals surface area contributed by atoms with Crippen LogP contribution in [-0.4, -0.2) is 249 Å². The van der Waals surface area contributed by atoms with Gasteiger partial charge in [-0.3, -0.25) is 64.7 Å². The molecular weight excluding hydrogens is 1430 g/mol. The minimum Gasteiger partial charge on any atom is -1.00 e. The Balaban J connectivity index is -0.0000000537. The van der Waals surface area contributed by atoms with Crippen molar-refractivity contribution in [3.8, 4) is 12.5 Å². The Morgan fingerprint density at radius 1 is 0.289 bits per heavy atom. The third kappa shape index (κ3) is 113. The van der Waals surface area contributed by atoms with Gasteiger partial charge in [0.25, 0.3) is 0 Å². The molecule has 0 spiro atoms. The molecule has 0 aliphatic carbocycles. The van der Waals surface area contributed by atoms with E-state index in [4.69, 9.17) is 6.42 Å². The van der Waals surface area contributed by atoms with Gasteiger partial charge in [0.2, 0.25) is 0 Å². The molecule has 0 unspecified atom stereocenters. The Bertz CT molecular complexity index is 1550. The van der Waals surface area contributed by atoms with Crippen LogP contribution in [-0.2, 0) is 0 Å². The van der Waals surface area contributed by atoms with Crippen LogP contribution in [0.3, 0.4) is 0 Å². The molecule has 0 aromatic heterocycles. The summed E-state index contributed by atoms with van der Waals surface area (Å²) >= 11 is 0. The third-order valence-electron chi connectivity index (χ3n) is 16.0. The van der Waals surface area contributed by atoms with Gasteiger partial charge in [0.1, 0.15) is 6.04 Å². The maximum Gasteiger partial charge on any atom is 0 e. The second kappa shape index (κ2) is 65.0. The number of hydrogen-bond acceptors (Lipinski definition) is 0. The Kier molecular flexibility index (Phi) is 85.9. The molecule has 604 valence electrons. The Hall–Kier alpha value is -1.78. The van der Waals surface area contributed by atoms with E-state index in [0.29, 0.717) is 0 Å². The van der Waals surface area contributed by atoms with Crippen LogP contribution in [0, 0.1) is 12.5 Å². The summed E-state index contributed by atoms with van der Waals surface area (Å²) in [6, 6.07) is 2.92. The number of rotatable bonds is 8. The van der Waals surface area contributed by atoms with E-state index in [1.54, 1.807) is 0 Å². The van der Waals surface area contributed by atoms with E-state index < -0.39 is 54.0 Å². The van der Waals surface area contributed by atoms with Crippen LogP contribution < -0.4 is 32.9 Å². The van der Waals surface area contributed by atoms with E-state index in [9.17, 15) is 107 Å². The largest absolute Gasteiger partial charge is 1.00 e. The molecule has 0 saturated carbocycles. The van der Waals surface area contributed by atoms with Crippen molar-refractivity contribution in [2.75, 3.05) is 180 Å². The van der Waals surface area contributed by atoms with Crippen molar-refractivity contribution in [2.24, 2.45) is 0 Å². The van der Waals surface area contributed by atoms with E-state index in [1.165, 1.54) is 261 Å². The summed E-state index contributed by atoms with van der Waals surface area (Å²) in [5.41, 5.74) is 0.